The number of nitrogens with zero attached hydrogens (tertiary/aromatic N) is 2. The number of hydrogen-bond donors (Lipinski definition) is 1. The van der Waals surface area contributed by atoms with Gasteiger partial charge in [0, 0.05) is 16.8 Å². The van der Waals surface area contributed by atoms with Crippen molar-refractivity contribution in [1.29, 1.82) is 0 Å². The number of aryl methyl sites for hydroxylation is 1. The largest absolute Gasteiger partial charge is 0.459 e. The molecule has 0 fully saturated rings. The second kappa shape index (κ2) is 6.68. The van der Waals surface area contributed by atoms with Gasteiger partial charge in [0.05, 0.1) is 6.26 Å². The van der Waals surface area contributed by atoms with E-state index in [1.165, 1.54) is 6.26 Å². The van der Waals surface area contributed by atoms with Crippen molar-refractivity contribution in [3.8, 4) is 22.8 Å². The summed E-state index contributed by atoms with van der Waals surface area (Å²) in [5.74, 6) is 0.927. The van der Waals surface area contributed by atoms with Gasteiger partial charge in [-0.1, -0.05) is 29.4 Å². The van der Waals surface area contributed by atoms with Crippen molar-refractivity contribution in [3.05, 3.63) is 78.3 Å². The molecule has 0 aliphatic rings. The number of carbonyl (C=O) groups is 1. The Morgan fingerprint density at radius 1 is 1.00 bits per heavy atom. The van der Waals surface area contributed by atoms with E-state index < -0.39 is 0 Å². The standard InChI is InChI=1S/C20H15N3O3/c1-13-5-2-3-6-16(13)18-22-20(26-23-18)14-8-10-15(11-9-14)21-19(24)17-7-4-12-25-17/h2-12H,1H3,(H,21,24). The average Bonchev–Trinajstić information content (AvgIpc) is 3.35. The average molecular weight is 345 g/mol. The predicted octanol–water partition coefficient (Wildman–Crippen LogP) is 4.56. The van der Waals surface area contributed by atoms with Crippen LogP contribution in [0, 0.1) is 6.92 Å². The lowest BCUT2D eigenvalue weighted by Gasteiger charge is -2.03. The van der Waals surface area contributed by atoms with Crippen molar-refractivity contribution in [1.82, 2.24) is 10.1 Å². The van der Waals surface area contributed by atoms with Crippen LogP contribution in [0.2, 0.25) is 0 Å². The summed E-state index contributed by atoms with van der Waals surface area (Å²) in [5, 5.41) is 6.82. The normalized spacial score (nSPS) is 10.7. The van der Waals surface area contributed by atoms with Gasteiger partial charge in [0.25, 0.3) is 11.8 Å². The zero-order chi connectivity index (χ0) is 17.9. The molecule has 0 bridgehead atoms. The highest BCUT2D eigenvalue weighted by molar-refractivity contribution is 6.02. The molecule has 4 aromatic rings. The van der Waals surface area contributed by atoms with Gasteiger partial charge in [0.2, 0.25) is 5.82 Å². The van der Waals surface area contributed by atoms with Crippen LogP contribution in [0.25, 0.3) is 22.8 Å². The van der Waals surface area contributed by atoms with Gasteiger partial charge in [0.1, 0.15) is 0 Å². The SMILES string of the molecule is Cc1ccccc1-c1noc(-c2ccc(NC(=O)c3ccco3)cc2)n1. The van der Waals surface area contributed by atoms with E-state index in [1.54, 1.807) is 24.3 Å². The van der Waals surface area contributed by atoms with E-state index in [4.69, 9.17) is 8.94 Å². The van der Waals surface area contributed by atoms with Gasteiger partial charge in [-0.2, -0.15) is 4.98 Å². The summed E-state index contributed by atoms with van der Waals surface area (Å²) < 4.78 is 10.4. The molecule has 128 valence electrons. The van der Waals surface area contributed by atoms with Crippen LogP contribution in [-0.4, -0.2) is 16.0 Å². The fourth-order valence-corrected chi connectivity index (χ4v) is 2.57. The Kier molecular flexibility index (Phi) is 4.07. The van der Waals surface area contributed by atoms with Crippen LogP contribution in [0.3, 0.4) is 0 Å². The maximum atomic E-state index is 12.0. The minimum Gasteiger partial charge on any atom is -0.459 e. The zero-order valence-electron chi connectivity index (χ0n) is 14.0. The molecule has 0 saturated heterocycles. The number of hydrogen-bond acceptors (Lipinski definition) is 5. The van der Waals surface area contributed by atoms with Crippen molar-refractivity contribution < 1.29 is 13.7 Å². The van der Waals surface area contributed by atoms with Crippen molar-refractivity contribution in [3.63, 3.8) is 0 Å². The second-order valence-corrected chi connectivity index (χ2v) is 5.75. The molecular weight excluding hydrogens is 330 g/mol. The molecule has 0 saturated carbocycles. The monoisotopic (exact) mass is 345 g/mol. The number of nitrogens with one attached hydrogen (secondary N) is 1. The van der Waals surface area contributed by atoms with E-state index in [1.807, 2.05) is 43.3 Å². The van der Waals surface area contributed by atoms with Crippen LogP contribution in [0.4, 0.5) is 5.69 Å². The lowest BCUT2D eigenvalue weighted by molar-refractivity contribution is 0.0996. The Balaban J connectivity index is 1.53. The lowest BCUT2D eigenvalue weighted by Crippen LogP contribution is -2.10. The predicted molar refractivity (Wildman–Crippen MR) is 96.6 cm³/mol. The smallest absolute Gasteiger partial charge is 0.291 e. The molecular formula is C20H15N3O3. The first-order chi connectivity index (χ1) is 12.7. The fourth-order valence-electron chi connectivity index (χ4n) is 2.57. The van der Waals surface area contributed by atoms with Crippen LogP contribution in [0.5, 0.6) is 0 Å². The summed E-state index contributed by atoms with van der Waals surface area (Å²) in [4.78, 5) is 16.4. The maximum Gasteiger partial charge on any atom is 0.291 e. The summed E-state index contributed by atoms with van der Waals surface area (Å²) in [7, 11) is 0. The van der Waals surface area contributed by atoms with Crippen LogP contribution >= 0.6 is 0 Å². The molecule has 6 heteroatoms. The molecule has 1 amide bonds. The van der Waals surface area contributed by atoms with Crippen molar-refractivity contribution in [2.24, 2.45) is 0 Å². The van der Waals surface area contributed by atoms with E-state index in [-0.39, 0.29) is 11.7 Å². The molecule has 0 spiro atoms. The Hall–Kier alpha value is -3.67. The summed E-state index contributed by atoms with van der Waals surface area (Å²) in [5.41, 5.74) is 3.43. The molecule has 4 rings (SSSR count). The van der Waals surface area contributed by atoms with Crippen LogP contribution in [0.15, 0.2) is 75.9 Å². The minimum absolute atomic E-state index is 0.258. The molecule has 1 N–H and O–H groups in total. The number of benzene rings is 2. The van der Waals surface area contributed by atoms with E-state index >= 15 is 0 Å². The van der Waals surface area contributed by atoms with Gasteiger partial charge < -0.3 is 14.3 Å². The third-order valence-electron chi connectivity index (χ3n) is 3.95. The first-order valence-electron chi connectivity index (χ1n) is 8.06. The lowest BCUT2D eigenvalue weighted by atomic mass is 10.1. The summed E-state index contributed by atoms with van der Waals surface area (Å²) >= 11 is 0. The highest BCUT2D eigenvalue weighted by Crippen LogP contribution is 2.25. The van der Waals surface area contributed by atoms with Crippen LogP contribution in [-0.2, 0) is 0 Å². The molecule has 0 aliphatic carbocycles. The summed E-state index contributed by atoms with van der Waals surface area (Å²) in [6.45, 7) is 2.00. The van der Waals surface area contributed by atoms with Crippen molar-refractivity contribution in [2.75, 3.05) is 5.32 Å². The fraction of sp³-hybridized carbons (Fsp3) is 0.0500. The zero-order valence-corrected chi connectivity index (χ0v) is 14.0. The third-order valence-corrected chi connectivity index (χ3v) is 3.95. The molecule has 0 radical (unpaired) electrons. The Bertz CT molecular complexity index is 1030. The molecule has 0 atom stereocenters. The molecule has 0 unspecified atom stereocenters. The molecule has 2 aromatic carbocycles. The summed E-state index contributed by atoms with van der Waals surface area (Å²) in [6, 6.07) is 18.3. The molecule has 0 aliphatic heterocycles. The number of anilines is 1. The Labute approximate surface area is 149 Å². The van der Waals surface area contributed by atoms with Crippen LogP contribution in [0.1, 0.15) is 16.1 Å². The van der Waals surface area contributed by atoms with E-state index in [0.29, 0.717) is 17.4 Å². The Morgan fingerprint density at radius 2 is 1.81 bits per heavy atom. The van der Waals surface area contributed by atoms with Gasteiger partial charge in [-0.3, -0.25) is 4.79 Å². The first-order valence-corrected chi connectivity index (χ1v) is 8.06. The number of amides is 1. The molecule has 2 heterocycles. The third kappa shape index (κ3) is 3.12. The topological polar surface area (TPSA) is 81.2 Å². The van der Waals surface area contributed by atoms with Gasteiger partial charge in [-0.05, 0) is 48.9 Å². The second-order valence-electron chi connectivity index (χ2n) is 5.75. The van der Waals surface area contributed by atoms with Gasteiger partial charge in [-0.25, -0.2) is 0 Å². The highest BCUT2D eigenvalue weighted by atomic mass is 16.5. The van der Waals surface area contributed by atoms with Gasteiger partial charge in [-0.15, -0.1) is 0 Å². The first kappa shape index (κ1) is 15.8. The minimum atomic E-state index is -0.303. The van der Waals surface area contributed by atoms with Crippen molar-refractivity contribution >= 4 is 11.6 Å². The quantitative estimate of drug-likeness (QED) is 0.586. The van der Waals surface area contributed by atoms with E-state index in [0.717, 1.165) is 16.7 Å². The summed E-state index contributed by atoms with van der Waals surface area (Å²) in [6.07, 6.45) is 1.46. The van der Waals surface area contributed by atoms with Gasteiger partial charge >= 0.3 is 0 Å². The number of carbonyl (C=O) groups excluding carboxylic acids is 1. The van der Waals surface area contributed by atoms with Crippen LogP contribution < -0.4 is 5.32 Å². The number of aromatic nitrogens is 2. The van der Waals surface area contributed by atoms with Crippen molar-refractivity contribution in [2.45, 2.75) is 6.92 Å². The highest BCUT2D eigenvalue weighted by Gasteiger charge is 2.13. The van der Waals surface area contributed by atoms with E-state index in [9.17, 15) is 4.79 Å². The van der Waals surface area contributed by atoms with E-state index in [2.05, 4.69) is 15.5 Å². The maximum absolute atomic E-state index is 12.0. The molecule has 2 aromatic heterocycles. The molecule has 6 nitrogen and oxygen atoms in total. The Morgan fingerprint density at radius 3 is 2.54 bits per heavy atom. The van der Waals surface area contributed by atoms with Gasteiger partial charge in [0.15, 0.2) is 5.76 Å². The molecule has 26 heavy (non-hydrogen) atoms. The number of rotatable bonds is 4. The number of furan rings is 1.